The van der Waals surface area contributed by atoms with Gasteiger partial charge in [-0.3, -0.25) is 0 Å². The first-order valence-electron chi connectivity index (χ1n) is 6.29. The second-order valence-electron chi connectivity index (χ2n) is 4.40. The van der Waals surface area contributed by atoms with Crippen LogP contribution in [0, 0.1) is 6.92 Å². The standard InChI is InChI=1S/C14H21F2NO/c1-4-7-17-11(3)12-5-6-13(10(2)8-12)18-9-14(15)16/h5-6,8,11,14,17H,4,7,9H2,1-3H3. The Morgan fingerprint density at radius 2 is 2.06 bits per heavy atom. The van der Waals surface area contributed by atoms with Gasteiger partial charge in [0.2, 0.25) is 0 Å². The fourth-order valence-corrected chi connectivity index (χ4v) is 1.74. The lowest BCUT2D eigenvalue weighted by Crippen LogP contribution is -2.19. The van der Waals surface area contributed by atoms with E-state index in [1.165, 1.54) is 0 Å². The Morgan fingerprint density at radius 1 is 1.33 bits per heavy atom. The van der Waals surface area contributed by atoms with E-state index in [4.69, 9.17) is 4.74 Å². The van der Waals surface area contributed by atoms with Gasteiger partial charge in [0.1, 0.15) is 12.4 Å². The first-order chi connectivity index (χ1) is 8.54. The van der Waals surface area contributed by atoms with E-state index in [1.54, 1.807) is 6.07 Å². The Kier molecular flexibility index (Phi) is 6.05. The minimum Gasteiger partial charge on any atom is -0.487 e. The van der Waals surface area contributed by atoms with Crippen LogP contribution in [-0.4, -0.2) is 19.6 Å². The van der Waals surface area contributed by atoms with Gasteiger partial charge in [-0.2, -0.15) is 0 Å². The van der Waals surface area contributed by atoms with Crippen LogP contribution < -0.4 is 10.1 Å². The number of hydrogen-bond acceptors (Lipinski definition) is 2. The highest BCUT2D eigenvalue weighted by atomic mass is 19.3. The number of alkyl halides is 2. The summed E-state index contributed by atoms with van der Waals surface area (Å²) in [7, 11) is 0. The monoisotopic (exact) mass is 257 g/mol. The number of hydrogen-bond donors (Lipinski definition) is 1. The van der Waals surface area contributed by atoms with E-state index in [-0.39, 0.29) is 6.04 Å². The molecular formula is C14H21F2NO. The van der Waals surface area contributed by atoms with Gasteiger partial charge >= 0.3 is 0 Å². The summed E-state index contributed by atoms with van der Waals surface area (Å²) in [6.07, 6.45) is -1.35. The van der Waals surface area contributed by atoms with Crippen LogP contribution in [0.25, 0.3) is 0 Å². The topological polar surface area (TPSA) is 21.3 Å². The molecule has 1 N–H and O–H groups in total. The maximum Gasteiger partial charge on any atom is 0.272 e. The summed E-state index contributed by atoms with van der Waals surface area (Å²) in [6, 6.07) is 5.92. The van der Waals surface area contributed by atoms with Gasteiger partial charge in [-0.1, -0.05) is 19.1 Å². The molecule has 1 unspecified atom stereocenters. The van der Waals surface area contributed by atoms with Crippen LogP contribution in [0.4, 0.5) is 8.78 Å². The number of aryl methyl sites for hydroxylation is 1. The third kappa shape index (κ3) is 4.61. The van der Waals surface area contributed by atoms with Crippen molar-refractivity contribution in [1.82, 2.24) is 5.32 Å². The third-order valence-electron chi connectivity index (χ3n) is 2.76. The van der Waals surface area contributed by atoms with Gasteiger partial charge in [0.15, 0.2) is 0 Å². The van der Waals surface area contributed by atoms with Crippen molar-refractivity contribution in [3.8, 4) is 5.75 Å². The highest BCUT2D eigenvalue weighted by Gasteiger charge is 2.09. The maximum atomic E-state index is 12.1. The molecule has 0 fully saturated rings. The molecule has 1 rings (SSSR count). The van der Waals surface area contributed by atoms with Crippen molar-refractivity contribution in [1.29, 1.82) is 0 Å². The number of halogens is 2. The SMILES string of the molecule is CCCNC(C)c1ccc(OCC(F)F)c(C)c1. The van der Waals surface area contributed by atoms with Crippen molar-refractivity contribution in [2.45, 2.75) is 39.7 Å². The van der Waals surface area contributed by atoms with Crippen molar-refractivity contribution >= 4 is 0 Å². The lowest BCUT2D eigenvalue weighted by atomic mass is 10.0. The van der Waals surface area contributed by atoms with E-state index >= 15 is 0 Å². The van der Waals surface area contributed by atoms with Crippen molar-refractivity contribution < 1.29 is 13.5 Å². The van der Waals surface area contributed by atoms with E-state index in [9.17, 15) is 8.78 Å². The fourth-order valence-electron chi connectivity index (χ4n) is 1.74. The zero-order chi connectivity index (χ0) is 13.5. The summed E-state index contributed by atoms with van der Waals surface area (Å²) < 4.78 is 29.2. The second kappa shape index (κ2) is 7.31. The molecule has 0 spiro atoms. The normalized spacial score (nSPS) is 12.8. The van der Waals surface area contributed by atoms with Crippen molar-refractivity contribution in [2.75, 3.05) is 13.2 Å². The summed E-state index contributed by atoms with van der Waals surface area (Å²) in [5, 5.41) is 3.38. The minimum atomic E-state index is -2.44. The van der Waals surface area contributed by atoms with E-state index in [2.05, 4.69) is 19.2 Å². The van der Waals surface area contributed by atoms with Crippen LogP contribution in [0.5, 0.6) is 5.75 Å². The van der Waals surface area contributed by atoms with Gasteiger partial charge in [-0.15, -0.1) is 0 Å². The molecule has 1 aromatic carbocycles. The molecule has 4 heteroatoms. The first-order valence-corrected chi connectivity index (χ1v) is 6.29. The van der Waals surface area contributed by atoms with Crippen LogP contribution >= 0.6 is 0 Å². The smallest absolute Gasteiger partial charge is 0.272 e. The fraction of sp³-hybridized carbons (Fsp3) is 0.571. The lowest BCUT2D eigenvalue weighted by molar-refractivity contribution is 0.0815. The zero-order valence-corrected chi connectivity index (χ0v) is 11.2. The van der Waals surface area contributed by atoms with E-state index in [0.717, 1.165) is 24.1 Å². The number of nitrogens with one attached hydrogen (secondary N) is 1. The van der Waals surface area contributed by atoms with Gasteiger partial charge in [0.25, 0.3) is 6.43 Å². The lowest BCUT2D eigenvalue weighted by Gasteiger charge is -2.16. The Balaban J connectivity index is 2.66. The Bertz CT molecular complexity index is 369. The van der Waals surface area contributed by atoms with Crippen LogP contribution in [-0.2, 0) is 0 Å². The van der Waals surface area contributed by atoms with E-state index in [0.29, 0.717) is 5.75 Å². The molecule has 1 atom stereocenters. The molecule has 2 nitrogen and oxygen atoms in total. The van der Waals surface area contributed by atoms with E-state index in [1.807, 2.05) is 19.1 Å². The van der Waals surface area contributed by atoms with Gasteiger partial charge in [0.05, 0.1) is 0 Å². The molecule has 0 saturated heterocycles. The van der Waals surface area contributed by atoms with Crippen LogP contribution in [0.2, 0.25) is 0 Å². The molecule has 0 aliphatic rings. The molecule has 0 bridgehead atoms. The van der Waals surface area contributed by atoms with Crippen LogP contribution in [0.1, 0.15) is 37.4 Å². The molecule has 0 aliphatic heterocycles. The predicted molar refractivity (Wildman–Crippen MR) is 69.4 cm³/mol. The summed E-state index contributed by atoms with van der Waals surface area (Å²) in [5.74, 6) is 0.529. The first kappa shape index (κ1) is 14.9. The Hall–Kier alpha value is -1.16. The highest BCUT2D eigenvalue weighted by Crippen LogP contribution is 2.23. The van der Waals surface area contributed by atoms with E-state index < -0.39 is 13.0 Å². The van der Waals surface area contributed by atoms with Gasteiger partial charge in [-0.25, -0.2) is 8.78 Å². The summed E-state index contributed by atoms with van der Waals surface area (Å²) in [5.41, 5.74) is 2.03. The van der Waals surface area contributed by atoms with Gasteiger partial charge in [0, 0.05) is 6.04 Å². The van der Waals surface area contributed by atoms with Gasteiger partial charge < -0.3 is 10.1 Å². The predicted octanol–water partition coefficient (Wildman–Crippen LogP) is 3.70. The minimum absolute atomic E-state index is 0.257. The average Bonchev–Trinajstić information content (AvgIpc) is 2.34. The zero-order valence-electron chi connectivity index (χ0n) is 11.2. The largest absolute Gasteiger partial charge is 0.487 e. The molecule has 0 aliphatic carbocycles. The molecule has 102 valence electrons. The molecule has 0 saturated carbocycles. The number of benzene rings is 1. The summed E-state index contributed by atoms with van der Waals surface area (Å²) in [4.78, 5) is 0. The Morgan fingerprint density at radius 3 is 2.61 bits per heavy atom. The second-order valence-corrected chi connectivity index (χ2v) is 4.40. The van der Waals surface area contributed by atoms with Crippen molar-refractivity contribution in [2.24, 2.45) is 0 Å². The highest BCUT2D eigenvalue weighted by molar-refractivity contribution is 5.37. The molecule has 0 heterocycles. The maximum absolute atomic E-state index is 12.1. The molecule has 0 amide bonds. The summed E-state index contributed by atoms with van der Waals surface area (Å²) >= 11 is 0. The molecule has 0 aromatic heterocycles. The van der Waals surface area contributed by atoms with Crippen LogP contribution in [0.3, 0.4) is 0 Å². The number of rotatable bonds is 7. The third-order valence-corrected chi connectivity index (χ3v) is 2.76. The molecule has 0 radical (unpaired) electrons. The quantitative estimate of drug-likeness (QED) is 0.804. The molecule has 1 aromatic rings. The summed E-state index contributed by atoms with van der Waals surface area (Å²) in [6.45, 7) is 6.49. The van der Waals surface area contributed by atoms with Crippen molar-refractivity contribution in [3.05, 3.63) is 29.3 Å². The molecular weight excluding hydrogens is 236 g/mol. The Labute approximate surface area is 107 Å². The van der Waals surface area contributed by atoms with Gasteiger partial charge in [-0.05, 0) is 44.0 Å². The number of ether oxygens (including phenoxy) is 1. The van der Waals surface area contributed by atoms with Crippen molar-refractivity contribution in [3.63, 3.8) is 0 Å². The average molecular weight is 257 g/mol. The molecule has 18 heavy (non-hydrogen) atoms. The van der Waals surface area contributed by atoms with Crippen LogP contribution in [0.15, 0.2) is 18.2 Å².